The van der Waals surface area contributed by atoms with Crippen molar-refractivity contribution in [2.24, 2.45) is 0 Å². The molecule has 4 aromatic rings. The van der Waals surface area contributed by atoms with Crippen molar-refractivity contribution < 1.29 is 27.1 Å². The van der Waals surface area contributed by atoms with Crippen molar-refractivity contribution in [3.05, 3.63) is 126 Å². The molecule has 0 aliphatic heterocycles. The molecule has 224 valence electrons. The molecule has 0 aliphatic rings. The number of carbonyl (C=O) groups is 2. The van der Waals surface area contributed by atoms with E-state index in [9.17, 15) is 22.4 Å². The third-order valence-corrected chi connectivity index (χ3v) is 8.62. The molecule has 10 heteroatoms. The highest BCUT2D eigenvalue weighted by molar-refractivity contribution is 7.92. The largest absolute Gasteiger partial charge is 0.494 e. The summed E-state index contributed by atoms with van der Waals surface area (Å²) >= 11 is 0. The maximum absolute atomic E-state index is 14.2. The normalized spacial score (nSPS) is 11.8. The average molecular weight is 604 g/mol. The summed E-state index contributed by atoms with van der Waals surface area (Å²) in [6, 6.07) is 28.3. The first-order valence-electron chi connectivity index (χ1n) is 13.8. The van der Waals surface area contributed by atoms with Gasteiger partial charge in [0.2, 0.25) is 11.8 Å². The van der Waals surface area contributed by atoms with Gasteiger partial charge in [0.25, 0.3) is 10.0 Å². The van der Waals surface area contributed by atoms with Crippen LogP contribution in [-0.2, 0) is 32.6 Å². The summed E-state index contributed by atoms with van der Waals surface area (Å²) < 4.78 is 48.1. The minimum Gasteiger partial charge on any atom is -0.494 e. The Morgan fingerprint density at radius 1 is 0.837 bits per heavy atom. The van der Waals surface area contributed by atoms with Gasteiger partial charge >= 0.3 is 0 Å². The van der Waals surface area contributed by atoms with Gasteiger partial charge in [-0.1, -0.05) is 60.7 Å². The summed E-state index contributed by atoms with van der Waals surface area (Å²) in [7, 11) is -2.83. The Morgan fingerprint density at radius 3 is 1.98 bits per heavy atom. The van der Waals surface area contributed by atoms with Crippen LogP contribution in [0.25, 0.3) is 0 Å². The topological polar surface area (TPSA) is 96.0 Å². The zero-order valence-electron chi connectivity index (χ0n) is 24.0. The highest BCUT2D eigenvalue weighted by Gasteiger charge is 2.34. The summed E-state index contributed by atoms with van der Waals surface area (Å²) in [4.78, 5) is 28.7. The smallest absolute Gasteiger partial charge is 0.264 e. The number of hydrogen-bond donors (Lipinski definition) is 1. The zero-order chi connectivity index (χ0) is 30.8. The summed E-state index contributed by atoms with van der Waals surface area (Å²) in [5, 5.41) is 2.66. The molecule has 8 nitrogen and oxygen atoms in total. The van der Waals surface area contributed by atoms with Crippen molar-refractivity contribution in [1.82, 2.24) is 10.2 Å². The molecule has 0 saturated carbocycles. The predicted molar refractivity (Wildman–Crippen MR) is 164 cm³/mol. The van der Waals surface area contributed by atoms with Crippen LogP contribution in [0.5, 0.6) is 5.75 Å². The van der Waals surface area contributed by atoms with E-state index in [1.54, 1.807) is 24.3 Å². The van der Waals surface area contributed by atoms with Crippen LogP contribution >= 0.6 is 0 Å². The van der Waals surface area contributed by atoms with E-state index in [2.05, 4.69) is 5.32 Å². The molecule has 43 heavy (non-hydrogen) atoms. The molecule has 4 aromatic carbocycles. The number of halogens is 1. The summed E-state index contributed by atoms with van der Waals surface area (Å²) in [6.07, 6.45) is 0.215. The second-order valence-corrected chi connectivity index (χ2v) is 11.6. The molecule has 0 fully saturated rings. The van der Waals surface area contributed by atoms with Gasteiger partial charge in [-0.2, -0.15) is 0 Å². The lowest BCUT2D eigenvalue weighted by atomic mass is 10.0. The average Bonchev–Trinajstić information content (AvgIpc) is 3.03. The Labute approximate surface area is 251 Å². The molecule has 2 amide bonds. The van der Waals surface area contributed by atoms with Gasteiger partial charge in [-0.25, -0.2) is 12.8 Å². The first-order valence-corrected chi connectivity index (χ1v) is 15.3. The third-order valence-electron chi connectivity index (χ3n) is 6.83. The lowest BCUT2D eigenvalue weighted by Crippen LogP contribution is -2.53. The number of likely N-dealkylation sites (N-methyl/N-ethyl adjacent to an activating group) is 1. The Morgan fingerprint density at radius 2 is 1.42 bits per heavy atom. The van der Waals surface area contributed by atoms with Gasteiger partial charge in [0.15, 0.2) is 0 Å². The van der Waals surface area contributed by atoms with Crippen molar-refractivity contribution in [2.45, 2.75) is 30.8 Å². The van der Waals surface area contributed by atoms with Gasteiger partial charge < -0.3 is 15.0 Å². The van der Waals surface area contributed by atoms with Crippen molar-refractivity contribution in [2.75, 3.05) is 24.5 Å². The van der Waals surface area contributed by atoms with Crippen LogP contribution in [-0.4, -0.2) is 51.4 Å². The molecule has 1 atom stereocenters. The van der Waals surface area contributed by atoms with Gasteiger partial charge in [0.05, 0.1) is 17.2 Å². The molecule has 0 aromatic heterocycles. The quantitative estimate of drug-likeness (QED) is 0.237. The molecular formula is C33H34FN3O5S. The minimum atomic E-state index is -4.33. The maximum atomic E-state index is 14.2. The first-order chi connectivity index (χ1) is 20.7. The summed E-state index contributed by atoms with van der Waals surface area (Å²) in [6.45, 7) is 1.71. The number of rotatable bonds is 13. The zero-order valence-corrected chi connectivity index (χ0v) is 24.8. The lowest BCUT2D eigenvalue weighted by molar-refractivity contribution is -0.139. The standard InChI is InChI=1S/C33H34FN3O5S/c1-3-42-29-18-16-28(17-19-29)37(43(40,41)30-20-14-27(34)15-21-30)24-32(38)36(23-26-12-8-5-9-13-26)31(33(39)35-2)22-25-10-6-4-7-11-25/h4-21,31H,3,22-24H2,1-2H3,(H,35,39)/t31-/m0/s1. The Kier molecular flexibility index (Phi) is 10.5. The first kappa shape index (κ1) is 31.2. The van der Waals surface area contributed by atoms with E-state index in [1.165, 1.54) is 11.9 Å². The van der Waals surface area contributed by atoms with E-state index >= 15 is 0 Å². The Hall–Kier alpha value is -4.70. The molecule has 0 aliphatic carbocycles. The molecule has 0 bridgehead atoms. The van der Waals surface area contributed by atoms with Gasteiger partial charge in [0, 0.05) is 20.0 Å². The number of benzene rings is 4. The number of ether oxygens (including phenoxy) is 1. The fourth-order valence-electron chi connectivity index (χ4n) is 4.64. The predicted octanol–water partition coefficient (Wildman–Crippen LogP) is 4.81. The van der Waals surface area contributed by atoms with E-state index in [-0.39, 0.29) is 29.5 Å². The number of anilines is 1. The number of nitrogens with zero attached hydrogens (tertiary/aromatic N) is 2. The molecule has 0 unspecified atom stereocenters. The van der Waals surface area contributed by atoms with Crippen LogP contribution in [0.1, 0.15) is 18.1 Å². The van der Waals surface area contributed by atoms with Crippen molar-refractivity contribution in [3.8, 4) is 5.75 Å². The SMILES string of the molecule is CCOc1ccc(N(CC(=O)N(Cc2ccccc2)[C@@H](Cc2ccccc2)C(=O)NC)S(=O)(=O)c2ccc(F)cc2)cc1. The van der Waals surface area contributed by atoms with E-state index in [0.717, 1.165) is 39.7 Å². The molecule has 0 heterocycles. The lowest BCUT2D eigenvalue weighted by Gasteiger charge is -2.33. The van der Waals surface area contributed by atoms with E-state index in [0.29, 0.717) is 12.4 Å². The van der Waals surface area contributed by atoms with Gasteiger partial charge in [-0.3, -0.25) is 13.9 Å². The Balaban J connectivity index is 1.77. The van der Waals surface area contributed by atoms with Gasteiger partial charge in [-0.05, 0) is 66.6 Å². The number of amides is 2. The van der Waals surface area contributed by atoms with Gasteiger partial charge in [-0.15, -0.1) is 0 Å². The van der Waals surface area contributed by atoms with Crippen molar-refractivity contribution >= 4 is 27.5 Å². The van der Waals surface area contributed by atoms with Crippen LogP contribution in [0.15, 0.2) is 114 Å². The van der Waals surface area contributed by atoms with Gasteiger partial charge in [0.1, 0.15) is 24.2 Å². The van der Waals surface area contributed by atoms with Crippen molar-refractivity contribution in [1.29, 1.82) is 0 Å². The summed E-state index contributed by atoms with van der Waals surface area (Å²) in [5.41, 5.74) is 1.82. The maximum Gasteiger partial charge on any atom is 0.264 e. The van der Waals surface area contributed by atoms with Crippen molar-refractivity contribution in [3.63, 3.8) is 0 Å². The highest BCUT2D eigenvalue weighted by atomic mass is 32.2. The molecule has 1 N–H and O–H groups in total. The van der Waals surface area contributed by atoms with E-state index in [1.807, 2.05) is 67.6 Å². The number of hydrogen-bond acceptors (Lipinski definition) is 5. The monoisotopic (exact) mass is 603 g/mol. The fourth-order valence-corrected chi connectivity index (χ4v) is 6.05. The van der Waals surface area contributed by atoms with E-state index in [4.69, 9.17) is 4.74 Å². The second kappa shape index (κ2) is 14.5. The molecule has 0 radical (unpaired) electrons. The number of carbonyl (C=O) groups excluding carboxylic acids is 2. The summed E-state index contributed by atoms with van der Waals surface area (Å²) in [5.74, 6) is -1.04. The van der Waals surface area contributed by atoms with Crippen LogP contribution in [0, 0.1) is 5.82 Å². The number of nitrogens with one attached hydrogen (secondary N) is 1. The number of sulfonamides is 1. The third kappa shape index (κ3) is 7.98. The second-order valence-electron chi connectivity index (χ2n) is 9.72. The highest BCUT2D eigenvalue weighted by Crippen LogP contribution is 2.27. The molecule has 0 saturated heterocycles. The molecular weight excluding hydrogens is 569 g/mol. The Bertz CT molecular complexity index is 1600. The molecule has 0 spiro atoms. The van der Waals surface area contributed by atoms with Crippen LogP contribution in [0.3, 0.4) is 0 Å². The minimum absolute atomic E-state index is 0.0678. The van der Waals surface area contributed by atoms with Crippen LogP contribution < -0.4 is 14.4 Å². The van der Waals surface area contributed by atoms with E-state index < -0.39 is 34.3 Å². The fraction of sp³-hybridized carbons (Fsp3) is 0.212. The van der Waals surface area contributed by atoms with Crippen LogP contribution in [0.2, 0.25) is 0 Å². The van der Waals surface area contributed by atoms with Crippen LogP contribution in [0.4, 0.5) is 10.1 Å². The molecule has 4 rings (SSSR count).